The maximum atomic E-state index is 13.0. The Morgan fingerprint density at radius 1 is 0.818 bits per heavy atom. The van der Waals surface area contributed by atoms with Gasteiger partial charge in [-0.2, -0.15) is 0 Å². The van der Waals surface area contributed by atoms with Gasteiger partial charge < -0.3 is 18.9 Å². The molecule has 0 radical (unpaired) electrons. The Morgan fingerprint density at radius 2 is 1.41 bits per heavy atom. The molecule has 0 heterocycles. The van der Waals surface area contributed by atoms with E-state index in [4.69, 9.17) is 14.2 Å². The molecule has 4 rings (SSSR count). The number of methoxy groups -OCH3 is 1. The van der Waals surface area contributed by atoms with Gasteiger partial charge in [0.1, 0.15) is 16.6 Å². The van der Waals surface area contributed by atoms with Crippen molar-refractivity contribution < 1.29 is 41.7 Å². The Balaban J connectivity index is 1.44. The summed E-state index contributed by atoms with van der Waals surface area (Å²) in [6.07, 6.45) is -4.80. The van der Waals surface area contributed by atoms with Crippen LogP contribution in [0.2, 0.25) is 0 Å². The second kappa shape index (κ2) is 14.1. The van der Waals surface area contributed by atoms with Crippen LogP contribution in [0.25, 0.3) is 0 Å². The molecular formula is C34H28F3O6S+. The summed E-state index contributed by atoms with van der Waals surface area (Å²) in [6.45, 7) is 2.41. The normalized spacial score (nSPS) is 11.2. The molecule has 4 aromatic rings. The molecule has 0 N–H and O–H groups in total. The molecule has 0 saturated carbocycles. The van der Waals surface area contributed by atoms with Gasteiger partial charge in [0.15, 0.2) is 27.7 Å². The van der Waals surface area contributed by atoms with E-state index in [1.54, 1.807) is 25.3 Å². The van der Waals surface area contributed by atoms with Crippen LogP contribution in [-0.2, 0) is 25.2 Å². The van der Waals surface area contributed by atoms with Crippen molar-refractivity contribution >= 4 is 22.8 Å². The number of rotatable bonds is 9. The number of hydrogen-bond donors (Lipinski definition) is 0. The third-order valence-electron chi connectivity index (χ3n) is 5.86. The van der Waals surface area contributed by atoms with Gasteiger partial charge in [0.2, 0.25) is 4.90 Å². The molecule has 0 aromatic heterocycles. The molecule has 0 atom stereocenters. The monoisotopic (exact) mass is 621 g/mol. The first-order chi connectivity index (χ1) is 20.9. The SMILES string of the molecule is COc1ccc(C(=O)OCC(=O)OC(C)(C)C#Cc2ccc(OC(F)(F)F)cc2)cc1[S+](c1ccccc1)c1ccccc1. The van der Waals surface area contributed by atoms with Crippen LogP contribution in [0.15, 0.2) is 118 Å². The standard InChI is InChI=1S/C34H28F3O6S/c1-33(2,21-20-24-14-17-26(18-15-24)42-34(35,36)37)43-31(38)23-41-32(39)25-16-19-29(40-3)30(22-25)44(27-10-6-4-7-11-27)28-12-8-5-9-13-28/h4-19,22H,23H2,1-3H3/q+1. The van der Waals surface area contributed by atoms with Crippen LogP contribution in [-0.4, -0.2) is 37.6 Å². The Kier molecular flexibility index (Phi) is 10.2. The van der Waals surface area contributed by atoms with E-state index in [0.29, 0.717) is 11.3 Å². The summed E-state index contributed by atoms with van der Waals surface area (Å²) in [5.41, 5.74) is -0.664. The van der Waals surface area contributed by atoms with Crippen molar-refractivity contribution in [1.29, 1.82) is 0 Å². The zero-order valence-electron chi connectivity index (χ0n) is 24.0. The first-order valence-corrected chi connectivity index (χ1v) is 14.5. The van der Waals surface area contributed by atoms with Gasteiger partial charge in [-0.25, -0.2) is 9.59 Å². The van der Waals surface area contributed by atoms with Crippen LogP contribution in [0, 0.1) is 11.8 Å². The van der Waals surface area contributed by atoms with Crippen molar-refractivity contribution in [3.8, 4) is 23.3 Å². The molecule has 0 bridgehead atoms. The van der Waals surface area contributed by atoms with Crippen LogP contribution >= 0.6 is 0 Å². The predicted octanol–water partition coefficient (Wildman–Crippen LogP) is 7.22. The molecule has 0 aliphatic rings. The number of carbonyl (C=O) groups excluding carboxylic acids is 2. The topological polar surface area (TPSA) is 71.1 Å². The zero-order valence-corrected chi connectivity index (χ0v) is 24.8. The predicted molar refractivity (Wildman–Crippen MR) is 158 cm³/mol. The molecule has 0 unspecified atom stereocenters. The molecule has 0 saturated heterocycles. The molecule has 4 aromatic carbocycles. The largest absolute Gasteiger partial charge is 0.573 e. The number of alkyl halides is 3. The van der Waals surface area contributed by atoms with E-state index < -0.39 is 41.4 Å². The summed E-state index contributed by atoms with van der Waals surface area (Å²) >= 11 is 0. The highest BCUT2D eigenvalue weighted by Crippen LogP contribution is 2.37. The van der Waals surface area contributed by atoms with Gasteiger partial charge in [-0.1, -0.05) is 48.2 Å². The Hall–Kier alpha value is -4.88. The fourth-order valence-corrected chi connectivity index (χ4v) is 6.21. The first kappa shape index (κ1) is 32.0. The van der Waals surface area contributed by atoms with Gasteiger partial charge in [-0.15, -0.1) is 13.2 Å². The zero-order chi connectivity index (χ0) is 31.7. The summed E-state index contributed by atoms with van der Waals surface area (Å²) in [5.74, 6) is 4.16. The fourth-order valence-electron chi connectivity index (χ4n) is 3.98. The van der Waals surface area contributed by atoms with Crippen LogP contribution in [0.3, 0.4) is 0 Å². The van der Waals surface area contributed by atoms with Crippen molar-refractivity contribution in [2.45, 2.75) is 40.5 Å². The van der Waals surface area contributed by atoms with E-state index in [1.165, 1.54) is 26.0 Å². The van der Waals surface area contributed by atoms with Gasteiger partial charge in [-0.3, -0.25) is 0 Å². The summed E-state index contributed by atoms with van der Waals surface area (Å²) in [5, 5.41) is 0. The summed E-state index contributed by atoms with van der Waals surface area (Å²) in [6, 6.07) is 29.6. The molecule has 0 fully saturated rings. The fraction of sp³-hybridized carbons (Fsp3) is 0.176. The minimum atomic E-state index is -4.80. The molecule has 10 heteroatoms. The van der Waals surface area contributed by atoms with Gasteiger partial charge in [0.05, 0.1) is 12.7 Å². The van der Waals surface area contributed by atoms with E-state index in [-0.39, 0.29) is 11.3 Å². The minimum absolute atomic E-state index is 0.231. The highest BCUT2D eigenvalue weighted by molar-refractivity contribution is 7.97. The smallest absolute Gasteiger partial charge is 0.491 e. The van der Waals surface area contributed by atoms with E-state index >= 15 is 0 Å². The third-order valence-corrected chi connectivity index (χ3v) is 8.11. The Morgan fingerprint density at radius 3 is 1.95 bits per heavy atom. The quantitative estimate of drug-likeness (QED) is 0.112. The second-order valence-corrected chi connectivity index (χ2v) is 11.7. The maximum Gasteiger partial charge on any atom is 0.573 e. The van der Waals surface area contributed by atoms with Crippen molar-refractivity contribution in [1.82, 2.24) is 0 Å². The number of carbonyl (C=O) groups is 2. The number of hydrogen-bond acceptors (Lipinski definition) is 6. The van der Waals surface area contributed by atoms with Crippen LogP contribution in [0.1, 0.15) is 29.8 Å². The highest BCUT2D eigenvalue weighted by Gasteiger charge is 2.33. The average molecular weight is 622 g/mol. The van der Waals surface area contributed by atoms with E-state index in [9.17, 15) is 22.8 Å². The van der Waals surface area contributed by atoms with Crippen molar-refractivity contribution in [2.75, 3.05) is 13.7 Å². The molecule has 0 amide bonds. The molecule has 0 aliphatic heterocycles. The summed E-state index contributed by atoms with van der Waals surface area (Å²) in [4.78, 5) is 28.4. The van der Waals surface area contributed by atoms with E-state index in [1.807, 2.05) is 60.7 Å². The Labute approximate surface area is 256 Å². The number of ether oxygens (including phenoxy) is 4. The molecule has 0 aliphatic carbocycles. The Bertz CT molecular complexity index is 1600. The molecule has 226 valence electrons. The van der Waals surface area contributed by atoms with Crippen molar-refractivity contribution in [3.63, 3.8) is 0 Å². The van der Waals surface area contributed by atoms with Crippen LogP contribution in [0.5, 0.6) is 11.5 Å². The first-order valence-electron chi connectivity index (χ1n) is 13.2. The van der Waals surface area contributed by atoms with Gasteiger partial charge in [0, 0.05) is 11.6 Å². The van der Waals surface area contributed by atoms with Crippen LogP contribution in [0.4, 0.5) is 13.2 Å². The number of halogens is 3. The van der Waals surface area contributed by atoms with Gasteiger partial charge in [0.25, 0.3) is 0 Å². The number of esters is 2. The highest BCUT2D eigenvalue weighted by atomic mass is 32.2. The lowest BCUT2D eigenvalue weighted by Crippen LogP contribution is -2.29. The van der Waals surface area contributed by atoms with Crippen LogP contribution < -0.4 is 9.47 Å². The van der Waals surface area contributed by atoms with Gasteiger partial charge >= 0.3 is 18.3 Å². The van der Waals surface area contributed by atoms with E-state index in [2.05, 4.69) is 16.6 Å². The lowest BCUT2D eigenvalue weighted by atomic mass is 10.1. The lowest BCUT2D eigenvalue weighted by Gasteiger charge is -2.18. The minimum Gasteiger partial charge on any atom is -0.491 e. The lowest BCUT2D eigenvalue weighted by molar-refractivity contribution is -0.274. The third kappa shape index (κ3) is 9.06. The molecule has 44 heavy (non-hydrogen) atoms. The second-order valence-electron chi connectivity index (χ2n) is 9.68. The summed E-state index contributed by atoms with van der Waals surface area (Å²) < 4.78 is 57.2. The van der Waals surface area contributed by atoms with Crippen molar-refractivity contribution in [2.24, 2.45) is 0 Å². The van der Waals surface area contributed by atoms with Gasteiger partial charge in [-0.05, 0) is 74.5 Å². The molecule has 6 nitrogen and oxygen atoms in total. The average Bonchev–Trinajstić information content (AvgIpc) is 3.00. The summed E-state index contributed by atoms with van der Waals surface area (Å²) in [7, 11) is 0.962. The van der Waals surface area contributed by atoms with E-state index in [0.717, 1.165) is 26.8 Å². The molecular weight excluding hydrogens is 593 g/mol. The number of benzene rings is 4. The molecule has 0 spiro atoms. The maximum absolute atomic E-state index is 13.0. The van der Waals surface area contributed by atoms with Crippen molar-refractivity contribution in [3.05, 3.63) is 114 Å².